The standard InChI is InChI=1S/C15H15BrN2O/c1-10-7-8-12(16)13(9-10)18-15(19)14(17)11-5-3-2-4-6-11/h2-9,14H,17H2,1H3,(H,18,19). The molecule has 0 aliphatic heterocycles. The van der Waals surface area contributed by atoms with Crippen LogP contribution in [0, 0.1) is 6.92 Å². The molecule has 0 fully saturated rings. The summed E-state index contributed by atoms with van der Waals surface area (Å²) in [6, 6.07) is 14.4. The van der Waals surface area contributed by atoms with Crippen LogP contribution in [-0.4, -0.2) is 5.91 Å². The lowest BCUT2D eigenvalue weighted by molar-refractivity contribution is -0.117. The molecular formula is C15H15BrN2O. The number of hydrogen-bond acceptors (Lipinski definition) is 2. The molecule has 0 bridgehead atoms. The maximum Gasteiger partial charge on any atom is 0.245 e. The molecule has 2 aromatic rings. The zero-order chi connectivity index (χ0) is 13.8. The lowest BCUT2D eigenvalue weighted by Crippen LogP contribution is -2.27. The maximum absolute atomic E-state index is 12.1. The molecule has 1 amide bonds. The first-order valence-corrected chi connectivity index (χ1v) is 6.75. The first kappa shape index (κ1) is 13.8. The highest BCUT2D eigenvalue weighted by atomic mass is 79.9. The van der Waals surface area contributed by atoms with E-state index in [1.54, 1.807) is 0 Å². The summed E-state index contributed by atoms with van der Waals surface area (Å²) in [5, 5.41) is 2.84. The highest BCUT2D eigenvalue weighted by Crippen LogP contribution is 2.24. The van der Waals surface area contributed by atoms with Crippen LogP contribution in [0.4, 0.5) is 5.69 Å². The van der Waals surface area contributed by atoms with Crippen molar-refractivity contribution in [1.29, 1.82) is 0 Å². The summed E-state index contributed by atoms with van der Waals surface area (Å²) < 4.78 is 0.840. The Balaban J connectivity index is 2.15. The van der Waals surface area contributed by atoms with Crippen LogP contribution in [0.15, 0.2) is 53.0 Å². The zero-order valence-electron chi connectivity index (χ0n) is 10.6. The molecule has 0 spiro atoms. The van der Waals surface area contributed by atoms with Crippen LogP contribution in [0.25, 0.3) is 0 Å². The monoisotopic (exact) mass is 318 g/mol. The Hall–Kier alpha value is -1.65. The molecule has 2 aromatic carbocycles. The number of halogens is 1. The number of carbonyl (C=O) groups excluding carboxylic acids is 1. The molecule has 1 unspecified atom stereocenters. The Kier molecular flexibility index (Phi) is 4.35. The molecule has 2 rings (SSSR count). The Morgan fingerprint density at radius 2 is 1.89 bits per heavy atom. The van der Waals surface area contributed by atoms with E-state index in [0.29, 0.717) is 0 Å². The third kappa shape index (κ3) is 3.43. The van der Waals surface area contributed by atoms with Crippen molar-refractivity contribution < 1.29 is 4.79 Å². The molecule has 0 aromatic heterocycles. The summed E-state index contributed by atoms with van der Waals surface area (Å²) in [6.45, 7) is 1.97. The van der Waals surface area contributed by atoms with Gasteiger partial charge in [-0.1, -0.05) is 36.4 Å². The minimum absolute atomic E-state index is 0.225. The first-order valence-electron chi connectivity index (χ1n) is 5.95. The lowest BCUT2D eigenvalue weighted by atomic mass is 10.1. The van der Waals surface area contributed by atoms with Crippen LogP contribution in [-0.2, 0) is 4.79 Å². The van der Waals surface area contributed by atoms with Gasteiger partial charge in [0.15, 0.2) is 0 Å². The van der Waals surface area contributed by atoms with Gasteiger partial charge in [0, 0.05) is 4.47 Å². The molecule has 3 nitrogen and oxygen atoms in total. The van der Waals surface area contributed by atoms with Gasteiger partial charge >= 0.3 is 0 Å². The topological polar surface area (TPSA) is 55.1 Å². The number of hydrogen-bond donors (Lipinski definition) is 2. The highest BCUT2D eigenvalue weighted by Gasteiger charge is 2.16. The average Bonchev–Trinajstić information content (AvgIpc) is 2.43. The SMILES string of the molecule is Cc1ccc(Br)c(NC(=O)C(N)c2ccccc2)c1. The van der Waals surface area contributed by atoms with Crippen LogP contribution >= 0.6 is 15.9 Å². The van der Waals surface area contributed by atoms with E-state index in [0.717, 1.165) is 21.3 Å². The molecule has 1 atom stereocenters. The van der Waals surface area contributed by atoms with Gasteiger partial charge in [-0.25, -0.2) is 0 Å². The Morgan fingerprint density at radius 1 is 1.21 bits per heavy atom. The van der Waals surface area contributed by atoms with E-state index in [4.69, 9.17) is 5.73 Å². The number of nitrogens with two attached hydrogens (primary N) is 1. The number of anilines is 1. The molecular weight excluding hydrogens is 304 g/mol. The predicted molar refractivity (Wildman–Crippen MR) is 80.9 cm³/mol. The van der Waals surface area contributed by atoms with Gasteiger partial charge in [-0.05, 0) is 46.1 Å². The van der Waals surface area contributed by atoms with Gasteiger partial charge in [-0.2, -0.15) is 0 Å². The Labute approximate surface area is 121 Å². The molecule has 0 saturated carbocycles. The van der Waals surface area contributed by atoms with Crippen LogP contribution in [0.2, 0.25) is 0 Å². The van der Waals surface area contributed by atoms with Crippen molar-refractivity contribution in [3.8, 4) is 0 Å². The first-order chi connectivity index (χ1) is 9.08. The van der Waals surface area contributed by atoms with Crippen LogP contribution in [0.5, 0.6) is 0 Å². The molecule has 0 aliphatic rings. The molecule has 0 aliphatic carbocycles. The van der Waals surface area contributed by atoms with E-state index in [2.05, 4.69) is 21.2 Å². The van der Waals surface area contributed by atoms with Crippen molar-refractivity contribution in [2.24, 2.45) is 5.73 Å². The smallest absolute Gasteiger partial charge is 0.245 e. The van der Waals surface area contributed by atoms with Crippen molar-refractivity contribution in [1.82, 2.24) is 0 Å². The zero-order valence-corrected chi connectivity index (χ0v) is 12.1. The molecule has 0 heterocycles. The van der Waals surface area contributed by atoms with E-state index in [1.807, 2.05) is 55.5 Å². The van der Waals surface area contributed by atoms with Crippen molar-refractivity contribution in [2.45, 2.75) is 13.0 Å². The van der Waals surface area contributed by atoms with Gasteiger partial charge < -0.3 is 11.1 Å². The fraction of sp³-hybridized carbons (Fsp3) is 0.133. The largest absolute Gasteiger partial charge is 0.323 e. The second-order valence-electron chi connectivity index (χ2n) is 4.36. The molecule has 0 radical (unpaired) electrons. The van der Waals surface area contributed by atoms with E-state index < -0.39 is 6.04 Å². The molecule has 98 valence electrons. The number of benzene rings is 2. The average molecular weight is 319 g/mol. The normalized spacial score (nSPS) is 11.9. The highest BCUT2D eigenvalue weighted by molar-refractivity contribution is 9.10. The minimum Gasteiger partial charge on any atom is -0.323 e. The molecule has 4 heteroatoms. The van der Waals surface area contributed by atoms with Gasteiger partial charge in [0.2, 0.25) is 5.91 Å². The van der Waals surface area contributed by atoms with Gasteiger partial charge in [-0.3, -0.25) is 4.79 Å². The number of amides is 1. The molecule has 19 heavy (non-hydrogen) atoms. The Morgan fingerprint density at radius 3 is 2.58 bits per heavy atom. The van der Waals surface area contributed by atoms with Gasteiger partial charge in [-0.15, -0.1) is 0 Å². The summed E-state index contributed by atoms with van der Waals surface area (Å²) in [5.74, 6) is -0.225. The molecule has 3 N–H and O–H groups in total. The fourth-order valence-corrected chi connectivity index (χ4v) is 2.10. The lowest BCUT2D eigenvalue weighted by Gasteiger charge is -2.14. The van der Waals surface area contributed by atoms with Crippen LogP contribution in [0.1, 0.15) is 17.2 Å². The summed E-state index contributed by atoms with van der Waals surface area (Å²) in [6.07, 6.45) is 0. The third-order valence-electron chi connectivity index (χ3n) is 2.82. The summed E-state index contributed by atoms with van der Waals surface area (Å²) in [7, 11) is 0. The third-order valence-corrected chi connectivity index (χ3v) is 3.51. The minimum atomic E-state index is -0.673. The predicted octanol–water partition coefficient (Wildman–Crippen LogP) is 3.40. The second-order valence-corrected chi connectivity index (χ2v) is 5.22. The maximum atomic E-state index is 12.1. The van der Waals surface area contributed by atoms with E-state index >= 15 is 0 Å². The van der Waals surface area contributed by atoms with Crippen molar-refractivity contribution in [2.75, 3.05) is 5.32 Å². The van der Waals surface area contributed by atoms with Crippen LogP contribution < -0.4 is 11.1 Å². The Bertz CT molecular complexity index is 584. The fourth-order valence-electron chi connectivity index (χ4n) is 1.76. The number of carbonyl (C=O) groups is 1. The summed E-state index contributed by atoms with van der Waals surface area (Å²) >= 11 is 3.41. The number of rotatable bonds is 3. The second kappa shape index (κ2) is 5.99. The van der Waals surface area contributed by atoms with Crippen LogP contribution in [0.3, 0.4) is 0 Å². The van der Waals surface area contributed by atoms with E-state index in [1.165, 1.54) is 0 Å². The number of aryl methyl sites for hydroxylation is 1. The number of nitrogens with one attached hydrogen (secondary N) is 1. The summed E-state index contributed by atoms with van der Waals surface area (Å²) in [4.78, 5) is 12.1. The quantitative estimate of drug-likeness (QED) is 0.911. The van der Waals surface area contributed by atoms with Crippen molar-refractivity contribution >= 4 is 27.5 Å². The molecule has 0 saturated heterocycles. The van der Waals surface area contributed by atoms with Crippen molar-refractivity contribution in [3.63, 3.8) is 0 Å². The van der Waals surface area contributed by atoms with Crippen molar-refractivity contribution in [3.05, 3.63) is 64.1 Å². The summed E-state index contributed by atoms with van der Waals surface area (Å²) in [5.41, 5.74) is 8.55. The van der Waals surface area contributed by atoms with Gasteiger partial charge in [0.1, 0.15) is 6.04 Å². The van der Waals surface area contributed by atoms with Gasteiger partial charge in [0.25, 0.3) is 0 Å². The van der Waals surface area contributed by atoms with E-state index in [9.17, 15) is 4.79 Å². The van der Waals surface area contributed by atoms with Gasteiger partial charge in [0.05, 0.1) is 5.69 Å². The van der Waals surface area contributed by atoms with E-state index in [-0.39, 0.29) is 5.91 Å².